The van der Waals surface area contributed by atoms with Gasteiger partial charge in [-0.3, -0.25) is 67.5 Å². The number of hydrogen-bond acceptors (Lipinski definition) is 20. The van der Waals surface area contributed by atoms with Crippen molar-refractivity contribution < 1.29 is 82.8 Å². The lowest BCUT2D eigenvalue weighted by Crippen LogP contribution is -2.58. The van der Waals surface area contributed by atoms with Crippen molar-refractivity contribution >= 4 is 99.9 Å². The number of aliphatic imine (C=N–C) groups is 2. The van der Waals surface area contributed by atoms with Crippen LogP contribution >= 0.6 is 11.8 Å². The Morgan fingerprint density at radius 1 is 0.586 bits per heavy atom. The van der Waals surface area contributed by atoms with Gasteiger partial charge in [0.2, 0.25) is 41.4 Å². The average molecular weight is 1420 g/mol. The van der Waals surface area contributed by atoms with Gasteiger partial charge in [-0.15, -0.1) is 0 Å². The number of likely N-dealkylation sites (tertiary alicyclic amines) is 1. The SMILES string of the molecule is CSCC[C@H](NC(=O)[C@@H]1CCCN1C(=O)[C@H](CO)CC(=O)[C@H](CCCN=C(N)N)NC(=O)[C@@H](CC(C)=O)CC(C)C)C(=O)N[C@H](C(=O)C[C@@H](CC(=O)O)C(=O)N[C@@H](CCCCN)C(=O)C[C@@H](Cc1ccc(O)cc1)C(=O)N[C@@H](CCCN=C(N)N)C(=O)C[C@@H](CC(C)C)C(N)=O)[C@@H](C)O. The summed E-state index contributed by atoms with van der Waals surface area (Å²) in [6.45, 7) is 9.51. The maximum Gasteiger partial charge on any atom is 0.304 e. The molecular weight excluding hydrogens is 1300 g/mol. The molecule has 556 valence electrons. The maximum absolute atomic E-state index is 14.6. The van der Waals surface area contributed by atoms with E-state index in [1.54, 1.807) is 6.26 Å². The highest BCUT2D eigenvalue weighted by molar-refractivity contribution is 7.98. The summed E-state index contributed by atoms with van der Waals surface area (Å²) in [5, 5.41) is 55.0. The number of thioether (sulfide) groups is 1. The summed E-state index contributed by atoms with van der Waals surface area (Å²) in [6, 6.07) is -2.46. The summed E-state index contributed by atoms with van der Waals surface area (Å²) < 4.78 is 0. The van der Waals surface area contributed by atoms with Crippen LogP contribution in [-0.4, -0.2) is 201 Å². The number of guanidine groups is 2. The lowest BCUT2D eigenvalue weighted by Gasteiger charge is -2.30. The second-order valence-corrected chi connectivity index (χ2v) is 27.5. The standard InChI is InChI=1S/C67H110N14O17S/c1-37(2)27-42(59(69)92)31-53(86)49(14-10-23-74-66(70)71)78-61(94)44(30-41-17-19-47(85)20-18-41)32-54(87)48(13-8-9-22-68)76-62(95)45(35-57(90)91)33-56(89)58(40(6)84)80-63(96)51(21-26-99-7)79-64(97)52-16-12-25-81(52)65(98)46(36-82)34-55(88)50(15-11-24-75-67(72)73)77-60(93)43(28-38(3)4)29-39(5)83/h17-20,37-38,40,42-46,48-52,58,82,84-85H,8-16,21-36,68H2,1-7H3,(H2,69,92)(H,76,95)(H,77,93)(H,78,94)(H,79,97)(H,80,96)(H,90,91)(H4,70,71,74)(H4,72,73,75)/t40-,42-,43-,44-,45+,46+,48+,49+,50+,51+,52+,58+/m1/s1. The molecule has 1 saturated heterocycles. The van der Waals surface area contributed by atoms with Crippen molar-refractivity contribution in [3.63, 3.8) is 0 Å². The number of nitrogens with one attached hydrogen (secondary N) is 5. The van der Waals surface area contributed by atoms with Crippen LogP contribution < -0.4 is 61.0 Å². The number of carbonyl (C=O) groups is 13. The highest BCUT2D eigenvalue weighted by atomic mass is 32.2. The fourth-order valence-electron chi connectivity index (χ4n) is 11.8. The number of carbonyl (C=O) groups excluding carboxylic acids is 12. The summed E-state index contributed by atoms with van der Waals surface area (Å²) in [5.41, 5.74) is 34.0. The number of Topliss-reactive ketones (excluding diaryl/α,β-unsaturated/α-hetero) is 5. The van der Waals surface area contributed by atoms with Gasteiger partial charge in [0, 0.05) is 69.5 Å². The minimum Gasteiger partial charge on any atom is -0.508 e. The molecule has 0 bridgehead atoms. The largest absolute Gasteiger partial charge is 0.508 e. The van der Waals surface area contributed by atoms with Crippen LogP contribution in [0.25, 0.3) is 0 Å². The maximum atomic E-state index is 14.6. The summed E-state index contributed by atoms with van der Waals surface area (Å²) in [4.78, 5) is 188. The summed E-state index contributed by atoms with van der Waals surface area (Å²) >= 11 is 1.30. The zero-order valence-corrected chi connectivity index (χ0v) is 59.2. The molecule has 32 heteroatoms. The van der Waals surface area contributed by atoms with Crippen LogP contribution in [0.15, 0.2) is 34.3 Å². The van der Waals surface area contributed by atoms with Gasteiger partial charge in [-0.25, -0.2) is 0 Å². The fraction of sp³-hybridized carbons (Fsp3) is 0.687. The molecule has 12 atom stereocenters. The first-order chi connectivity index (χ1) is 46.6. The van der Waals surface area contributed by atoms with Crippen LogP contribution in [0.1, 0.15) is 163 Å². The second kappa shape index (κ2) is 45.5. The lowest BCUT2D eigenvalue weighted by molar-refractivity contribution is -0.145. The van der Waals surface area contributed by atoms with E-state index < -0.39 is 175 Å². The van der Waals surface area contributed by atoms with Gasteiger partial charge in [-0.05, 0) is 145 Å². The monoisotopic (exact) mass is 1410 g/mol. The third-order valence-corrected chi connectivity index (χ3v) is 17.6. The van der Waals surface area contributed by atoms with Gasteiger partial charge in [-0.1, -0.05) is 39.8 Å². The predicted molar refractivity (Wildman–Crippen MR) is 372 cm³/mol. The topological polar surface area (TPSA) is 547 Å². The molecule has 0 spiro atoms. The molecule has 1 aromatic rings. The Bertz CT molecular complexity index is 2920. The highest BCUT2D eigenvalue weighted by Crippen LogP contribution is 2.26. The van der Waals surface area contributed by atoms with Crippen molar-refractivity contribution in [1.29, 1.82) is 0 Å². The number of primary amides is 1. The molecule has 0 unspecified atom stereocenters. The molecule has 99 heavy (non-hydrogen) atoms. The number of phenolic OH excluding ortho intramolecular Hbond substituents is 1. The Labute approximate surface area is 583 Å². The lowest BCUT2D eigenvalue weighted by atomic mass is 9.87. The van der Waals surface area contributed by atoms with Crippen LogP contribution in [0.2, 0.25) is 0 Å². The van der Waals surface area contributed by atoms with Gasteiger partial charge < -0.3 is 91.1 Å². The number of benzene rings is 1. The molecule has 21 N–H and O–H groups in total. The highest BCUT2D eigenvalue weighted by Gasteiger charge is 2.42. The minimum absolute atomic E-state index is 0.0121. The number of carboxylic acids is 1. The Morgan fingerprint density at radius 2 is 1.07 bits per heavy atom. The molecule has 7 amide bonds. The molecule has 2 rings (SSSR count). The quantitative estimate of drug-likeness (QED) is 0.0225. The van der Waals surface area contributed by atoms with Crippen LogP contribution in [0, 0.1) is 41.4 Å². The zero-order chi connectivity index (χ0) is 74.6. The van der Waals surface area contributed by atoms with E-state index in [2.05, 4.69) is 36.6 Å². The number of carboxylic acid groups (broad SMARTS) is 1. The first-order valence-electron chi connectivity index (χ1n) is 33.9. The number of aliphatic hydroxyl groups is 2. The van der Waals surface area contributed by atoms with Gasteiger partial charge in [0.15, 0.2) is 35.1 Å². The molecule has 0 saturated carbocycles. The number of nitrogens with zero attached hydrogens (tertiary/aromatic N) is 3. The van der Waals surface area contributed by atoms with Gasteiger partial charge in [0.1, 0.15) is 29.7 Å². The molecule has 1 aromatic carbocycles. The third kappa shape index (κ3) is 33.1. The normalized spacial score (nSPS) is 16.2. The van der Waals surface area contributed by atoms with E-state index in [-0.39, 0.29) is 144 Å². The molecule has 1 aliphatic heterocycles. The van der Waals surface area contributed by atoms with Crippen molar-refractivity contribution in [2.45, 2.75) is 206 Å². The van der Waals surface area contributed by atoms with Crippen molar-refractivity contribution in [2.24, 2.45) is 85.8 Å². The minimum atomic E-state index is -1.81. The summed E-state index contributed by atoms with van der Waals surface area (Å²) in [6.07, 6.45) is -1.50. The van der Waals surface area contributed by atoms with E-state index in [0.29, 0.717) is 24.8 Å². The number of nitrogens with two attached hydrogens (primary N) is 6. The van der Waals surface area contributed by atoms with Gasteiger partial charge >= 0.3 is 5.97 Å². The summed E-state index contributed by atoms with van der Waals surface area (Å²) in [7, 11) is 0. The second-order valence-electron chi connectivity index (χ2n) is 26.5. The van der Waals surface area contributed by atoms with Gasteiger partial charge in [0.25, 0.3) is 0 Å². The Hall–Kier alpha value is -8.10. The average Bonchev–Trinajstić information content (AvgIpc) is 1.41. The van der Waals surface area contributed by atoms with E-state index in [1.165, 1.54) is 47.9 Å². The number of unbranched alkanes of at least 4 members (excludes halogenated alkanes) is 1. The van der Waals surface area contributed by atoms with Crippen LogP contribution in [0.5, 0.6) is 5.75 Å². The molecule has 0 radical (unpaired) electrons. The number of rotatable bonds is 51. The van der Waals surface area contributed by atoms with Crippen LogP contribution in [-0.2, 0) is 68.7 Å². The van der Waals surface area contributed by atoms with Gasteiger partial charge in [-0.2, -0.15) is 11.8 Å². The van der Waals surface area contributed by atoms with E-state index in [0.717, 1.165) is 6.92 Å². The van der Waals surface area contributed by atoms with Gasteiger partial charge in [0.05, 0.1) is 49.1 Å². The summed E-state index contributed by atoms with van der Waals surface area (Å²) in [5.74, 6) is -16.5. The number of aromatic hydroxyl groups is 1. The number of aliphatic hydroxyl groups excluding tert-OH is 2. The third-order valence-electron chi connectivity index (χ3n) is 16.9. The Morgan fingerprint density at radius 3 is 1.54 bits per heavy atom. The number of hydrogen-bond donors (Lipinski definition) is 15. The number of ketones is 5. The van der Waals surface area contributed by atoms with Crippen molar-refractivity contribution in [3.05, 3.63) is 29.8 Å². The number of phenols is 1. The van der Waals surface area contributed by atoms with E-state index >= 15 is 0 Å². The van der Waals surface area contributed by atoms with E-state index in [9.17, 15) is 82.8 Å². The Kier molecular flexibility index (Phi) is 40.0. The first-order valence-corrected chi connectivity index (χ1v) is 35.3. The van der Waals surface area contributed by atoms with Crippen molar-refractivity contribution in [3.8, 4) is 5.75 Å². The number of amides is 7. The molecule has 1 heterocycles. The molecule has 31 nitrogen and oxygen atoms in total. The van der Waals surface area contributed by atoms with Crippen molar-refractivity contribution in [1.82, 2.24) is 31.5 Å². The molecule has 0 aromatic heterocycles. The predicted octanol–water partition coefficient (Wildman–Crippen LogP) is -0.339. The first kappa shape index (κ1) is 87.0. The molecule has 0 aliphatic carbocycles. The smallest absolute Gasteiger partial charge is 0.304 e. The molecule has 1 aliphatic rings. The van der Waals surface area contributed by atoms with E-state index in [4.69, 9.17) is 34.4 Å². The van der Waals surface area contributed by atoms with Crippen LogP contribution in [0.3, 0.4) is 0 Å². The van der Waals surface area contributed by atoms with E-state index in [1.807, 2.05) is 27.7 Å². The number of aliphatic carboxylic acids is 1. The Balaban J connectivity index is 2.47. The molecule has 1 fully saturated rings. The van der Waals surface area contributed by atoms with Crippen molar-refractivity contribution in [2.75, 3.05) is 44.8 Å². The van der Waals surface area contributed by atoms with Crippen LogP contribution in [0.4, 0.5) is 0 Å². The molecular formula is C67H110N14O17S. The zero-order valence-electron chi connectivity index (χ0n) is 58.4. The fourth-order valence-corrected chi connectivity index (χ4v) is 12.3.